The van der Waals surface area contributed by atoms with Gasteiger partial charge >= 0.3 is 8.25 Å². The number of aromatic nitrogens is 1. The zero-order chi connectivity index (χ0) is 19.7. The highest BCUT2D eigenvalue weighted by molar-refractivity contribution is 7.98. The quantitative estimate of drug-likeness (QED) is 0.435. The van der Waals surface area contributed by atoms with Crippen molar-refractivity contribution in [1.82, 2.24) is 5.16 Å². The van der Waals surface area contributed by atoms with Gasteiger partial charge in [0.2, 0.25) is 18.3 Å². The molecule has 144 valence electrons. The highest BCUT2D eigenvalue weighted by Gasteiger charge is 2.24. The molecular formula is C18H14NO7PS. The van der Waals surface area contributed by atoms with Crippen LogP contribution < -0.4 is 23.6 Å². The van der Waals surface area contributed by atoms with E-state index in [-0.39, 0.29) is 12.5 Å². The lowest BCUT2D eigenvalue weighted by molar-refractivity contribution is -0.178. The summed E-state index contributed by atoms with van der Waals surface area (Å²) in [5.74, 6) is 2.31. The Labute approximate surface area is 165 Å². The molecule has 0 saturated carbocycles. The average molecular weight is 419 g/mol. The Morgan fingerprint density at radius 1 is 1.18 bits per heavy atom. The molecule has 10 heteroatoms. The van der Waals surface area contributed by atoms with Gasteiger partial charge in [-0.1, -0.05) is 11.2 Å². The number of fused-ring (bicyclic) bond motifs is 1. The van der Waals surface area contributed by atoms with Crippen LogP contribution in [-0.2, 0) is 4.57 Å². The number of nitrogens with zero attached hydrogens (tertiary/aromatic N) is 1. The molecule has 8 nitrogen and oxygen atoms in total. The third kappa shape index (κ3) is 3.40. The predicted octanol–water partition coefficient (Wildman–Crippen LogP) is 3.86. The molecule has 3 aromatic rings. The number of ether oxygens (including phenoxy) is 3. The number of thioether (sulfide) groups is 1. The minimum absolute atomic E-state index is 0.114. The van der Waals surface area contributed by atoms with Crippen molar-refractivity contribution in [3.8, 4) is 45.4 Å². The molecule has 0 saturated heterocycles. The van der Waals surface area contributed by atoms with Crippen molar-refractivity contribution in [2.24, 2.45) is 0 Å². The second kappa shape index (κ2) is 7.71. The van der Waals surface area contributed by atoms with Gasteiger partial charge in [0.05, 0.1) is 18.2 Å². The van der Waals surface area contributed by atoms with E-state index in [1.165, 1.54) is 18.9 Å². The lowest BCUT2D eigenvalue weighted by atomic mass is 10.0. The zero-order valence-corrected chi connectivity index (χ0v) is 16.5. The van der Waals surface area contributed by atoms with E-state index >= 15 is 0 Å². The van der Waals surface area contributed by atoms with Crippen molar-refractivity contribution in [2.45, 2.75) is 4.90 Å². The molecule has 2 aromatic carbocycles. The number of rotatable bonds is 6. The van der Waals surface area contributed by atoms with Gasteiger partial charge in [-0.25, -0.2) is 0 Å². The Kier molecular flexibility index (Phi) is 5.13. The zero-order valence-electron chi connectivity index (χ0n) is 14.8. The molecule has 1 atom stereocenters. The number of methoxy groups -OCH3 is 1. The van der Waals surface area contributed by atoms with Crippen LogP contribution in [0.25, 0.3) is 22.5 Å². The maximum Gasteiger partial charge on any atom is 0.539 e. The standard InChI is InChI=1S/C18H14NO7PS/c1-22-14-6-11(7-15-18(14)24-9-23-15)17-12(8-19-25-17)10-3-4-16(28-2)13(5-10)26-27(20)21/h3-8H,9H2,1-2H3. The molecule has 0 radical (unpaired) electrons. The van der Waals surface area contributed by atoms with E-state index in [1.54, 1.807) is 30.5 Å². The largest absolute Gasteiger partial charge is 0.558 e. The SMILES string of the molecule is COc1cc(-c2oncc2-c2ccc(SC)c(O[P+](=O)[O-])c2)cc2c1OCO2. The van der Waals surface area contributed by atoms with Crippen LogP contribution in [0.3, 0.4) is 0 Å². The Morgan fingerprint density at radius 2 is 2.00 bits per heavy atom. The van der Waals surface area contributed by atoms with Gasteiger partial charge in [-0.15, -0.1) is 11.8 Å². The first-order chi connectivity index (χ1) is 13.6. The topological polar surface area (TPSA) is 103 Å². The van der Waals surface area contributed by atoms with E-state index in [0.717, 1.165) is 0 Å². The van der Waals surface area contributed by atoms with Gasteiger partial charge in [0.15, 0.2) is 17.3 Å². The molecule has 28 heavy (non-hydrogen) atoms. The third-order valence-electron chi connectivity index (χ3n) is 4.14. The summed E-state index contributed by atoms with van der Waals surface area (Å²) in [4.78, 5) is 11.7. The van der Waals surface area contributed by atoms with Crippen molar-refractivity contribution in [1.29, 1.82) is 0 Å². The summed E-state index contributed by atoms with van der Waals surface area (Å²) in [7, 11) is -1.49. The van der Waals surface area contributed by atoms with Crippen LogP contribution in [-0.4, -0.2) is 25.3 Å². The van der Waals surface area contributed by atoms with Crippen molar-refractivity contribution >= 4 is 20.0 Å². The summed E-state index contributed by atoms with van der Waals surface area (Å²) in [6.07, 6.45) is 3.39. The second-order valence-electron chi connectivity index (χ2n) is 5.66. The third-order valence-corrected chi connectivity index (χ3v) is 5.26. The molecule has 0 N–H and O–H groups in total. The molecular weight excluding hydrogens is 405 g/mol. The van der Waals surface area contributed by atoms with E-state index in [2.05, 4.69) is 5.16 Å². The van der Waals surface area contributed by atoms with Crippen LogP contribution in [0.4, 0.5) is 0 Å². The normalized spacial score (nSPS) is 12.8. The number of hydrogen-bond acceptors (Lipinski definition) is 9. The van der Waals surface area contributed by atoms with Crippen molar-refractivity contribution in [3.05, 3.63) is 36.5 Å². The van der Waals surface area contributed by atoms with Gasteiger partial charge in [-0.3, -0.25) is 4.52 Å². The van der Waals surface area contributed by atoms with Crippen LogP contribution in [0.1, 0.15) is 0 Å². The Hall–Kier alpha value is -2.74. The fourth-order valence-corrected chi connectivity index (χ4v) is 3.79. The van der Waals surface area contributed by atoms with Gasteiger partial charge < -0.3 is 23.6 Å². The van der Waals surface area contributed by atoms with Crippen LogP contribution in [0.5, 0.6) is 23.0 Å². The molecule has 2 heterocycles. The second-order valence-corrected chi connectivity index (χ2v) is 7.14. The highest BCUT2D eigenvalue weighted by Crippen LogP contribution is 2.46. The predicted molar refractivity (Wildman–Crippen MR) is 100 cm³/mol. The summed E-state index contributed by atoms with van der Waals surface area (Å²) < 4.78 is 37.7. The maximum atomic E-state index is 11.0. The molecule has 0 fully saturated rings. The van der Waals surface area contributed by atoms with Gasteiger partial charge in [0.25, 0.3) is 0 Å². The Morgan fingerprint density at radius 3 is 2.75 bits per heavy atom. The Bertz CT molecular complexity index is 1050. The molecule has 0 spiro atoms. The lowest BCUT2D eigenvalue weighted by Gasteiger charge is -2.09. The molecule has 1 aliphatic rings. The smallest absolute Gasteiger partial charge is 0.539 e. The first-order valence-electron chi connectivity index (χ1n) is 8.04. The summed E-state index contributed by atoms with van der Waals surface area (Å²) in [5.41, 5.74) is 2.04. The highest BCUT2D eigenvalue weighted by atomic mass is 32.2. The first kappa shape index (κ1) is 18.6. The molecule has 0 aliphatic carbocycles. The minimum atomic E-state index is -3.03. The summed E-state index contributed by atoms with van der Waals surface area (Å²) in [6, 6.07) is 8.80. The van der Waals surface area contributed by atoms with Crippen molar-refractivity contribution in [3.63, 3.8) is 0 Å². The summed E-state index contributed by atoms with van der Waals surface area (Å²) in [5, 5.41) is 3.90. The molecule has 1 aromatic heterocycles. The summed E-state index contributed by atoms with van der Waals surface area (Å²) in [6.45, 7) is 0.114. The fourth-order valence-electron chi connectivity index (χ4n) is 2.91. The van der Waals surface area contributed by atoms with E-state index in [9.17, 15) is 9.46 Å². The molecule has 1 unspecified atom stereocenters. The fraction of sp³-hybridized carbons (Fsp3) is 0.167. The molecule has 1 aliphatic heterocycles. The van der Waals surface area contributed by atoms with E-state index in [1.807, 2.05) is 12.3 Å². The first-order valence-corrected chi connectivity index (χ1v) is 10.4. The van der Waals surface area contributed by atoms with Crippen LogP contribution >= 0.6 is 20.0 Å². The minimum Gasteiger partial charge on any atom is -0.558 e. The van der Waals surface area contributed by atoms with Gasteiger partial charge in [0.1, 0.15) is 0 Å². The summed E-state index contributed by atoms with van der Waals surface area (Å²) >= 11 is 1.38. The van der Waals surface area contributed by atoms with Crippen LogP contribution in [0.2, 0.25) is 0 Å². The van der Waals surface area contributed by atoms with Crippen molar-refractivity contribution in [2.75, 3.05) is 20.2 Å². The monoisotopic (exact) mass is 419 g/mol. The maximum absolute atomic E-state index is 11.0. The number of benzene rings is 2. The molecule has 0 bridgehead atoms. The van der Waals surface area contributed by atoms with Crippen molar-refractivity contribution < 1.29 is 32.7 Å². The van der Waals surface area contributed by atoms with E-state index in [0.29, 0.717) is 44.6 Å². The molecule has 0 amide bonds. The number of hydrogen-bond donors (Lipinski definition) is 0. The Balaban J connectivity index is 1.80. The van der Waals surface area contributed by atoms with E-state index < -0.39 is 8.25 Å². The van der Waals surface area contributed by atoms with Crippen LogP contribution in [0.15, 0.2) is 45.9 Å². The van der Waals surface area contributed by atoms with Crippen LogP contribution in [0, 0.1) is 0 Å². The molecule has 4 rings (SSSR count). The van der Waals surface area contributed by atoms with E-state index in [4.69, 9.17) is 23.3 Å². The van der Waals surface area contributed by atoms with Gasteiger partial charge in [-0.2, -0.15) is 0 Å². The average Bonchev–Trinajstić information content (AvgIpc) is 3.35. The lowest BCUT2D eigenvalue weighted by Crippen LogP contribution is -1.95. The van der Waals surface area contributed by atoms with Gasteiger partial charge in [-0.05, 0) is 40.6 Å². The van der Waals surface area contributed by atoms with Gasteiger partial charge in [0, 0.05) is 11.1 Å².